The average Bonchev–Trinajstić information content (AvgIpc) is 2.04. The highest BCUT2D eigenvalue weighted by Gasteiger charge is 1.96. The van der Waals surface area contributed by atoms with Crippen molar-refractivity contribution in [1.82, 2.24) is 0 Å². The van der Waals surface area contributed by atoms with Crippen molar-refractivity contribution in [3.05, 3.63) is 32.2 Å². The van der Waals surface area contributed by atoms with E-state index in [4.69, 9.17) is 3.56 Å². The Morgan fingerprint density at radius 3 is 2.73 bits per heavy atom. The quantitative estimate of drug-likeness (QED) is 0.645. The molecule has 0 heterocycles. The van der Waals surface area contributed by atoms with E-state index in [0.717, 1.165) is 9.13 Å². The van der Waals surface area contributed by atoms with Crippen LogP contribution in [-0.2, 0) is 0 Å². The van der Waals surface area contributed by atoms with Gasteiger partial charge in [0, 0.05) is 24.6 Å². The van der Waals surface area contributed by atoms with Crippen molar-refractivity contribution in [1.29, 1.82) is 3.56 Å². The summed E-state index contributed by atoms with van der Waals surface area (Å²) >= 11 is -0.624. The molecule has 0 atom stereocenters. The van der Waals surface area contributed by atoms with Crippen LogP contribution in [0.5, 0.6) is 0 Å². The lowest BCUT2D eigenvalue weighted by Gasteiger charge is -1.96. The van der Waals surface area contributed by atoms with Crippen molar-refractivity contribution in [2.75, 3.05) is 0 Å². The molecule has 0 spiro atoms. The van der Waals surface area contributed by atoms with E-state index in [-0.39, 0.29) is 0 Å². The summed E-state index contributed by atoms with van der Waals surface area (Å²) in [5.41, 5.74) is 1.45. The predicted octanol–water partition coefficient (Wildman–Crippen LogP) is 3.30. The van der Waals surface area contributed by atoms with E-state index in [2.05, 4.69) is 5.18 Å². The second-order valence-corrected chi connectivity index (χ2v) is 3.82. The average molecular weight is 262 g/mol. The molecule has 0 saturated heterocycles. The lowest BCUT2D eigenvalue weighted by atomic mass is 10.2. The maximum Gasteiger partial charge on any atom is 0.108 e. The van der Waals surface area contributed by atoms with Crippen molar-refractivity contribution in [3.8, 4) is 0 Å². The Morgan fingerprint density at radius 1 is 1.55 bits per heavy atom. The molecule has 1 aromatic carbocycles. The number of nitrogens with one attached hydrogen (secondary N) is 1. The van der Waals surface area contributed by atoms with Gasteiger partial charge in [0.15, 0.2) is 0 Å². The van der Waals surface area contributed by atoms with Gasteiger partial charge < -0.3 is 0 Å². The third-order valence-electron chi connectivity index (χ3n) is 1.35. The topological polar surface area (TPSA) is 53.3 Å². The van der Waals surface area contributed by atoms with Crippen LogP contribution in [0.4, 0.5) is 5.69 Å². The summed E-state index contributed by atoms with van der Waals surface area (Å²) in [5, 5.41) is 2.81. The highest BCUT2D eigenvalue weighted by atomic mass is 127. The number of hydrogen-bond donors (Lipinski definition) is 1. The fraction of sp³-hybridized carbons (Fsp3) is 0.143. The first-order valence-corrected chi connectivity index (χ1v) is 5.18. The second kappa shape index (κ2) is 3.66. The van der Waals surface area contributed by atoms with E-state index in [9.17, 15) is 4.91 Å². The van der Waals surface area contributed by atoms with Gasteiger partial charge >= 0.3 is 0 Å². The Balaban J connectivity index is 3.18. The van der Waals surface area contributed by atoms with Crippen LogP contribution in [0.3, 0.4) is 0 Å². The van der Waals surface area contributed by atoms with Gasteiger partial charge in [0.2, 0.25) is 0 Å². The van der Waals surface area contributed by atoms with Crippen LogP contribution in [0.25, 0.3) is 0 Å². The normalized spacial score (nSPS) is 9.55. The molecule has 4 heteroatoms. The molecule has 1 aromatic rings. The van der Waals surface area contributed by atoms with E-state index in [0.29, 0.717) is 5.69 Å². The Labute approximate surface area is 74.7 Å². The summed E-state index contributed by atoms with van der Waals surface area (Å²) in [6, 6.07) is 5.19. The molecule has 58 valence electrons. The number of benzene rings is 1. The molecule has 0 amide bonds. The summed E-state index contributed by atoms with van der Waals surface area (Å²) in [7, 11) is 0. The summed E-state index contributed by atoms with van der Waals surface area (Å²) in [6.45, 7) is 1.90. The number of rotatable bonds is 2. The number of halogens is 1. The molecule has 0 aliphatic carbocycles. The van der Waals surface area contributed by atoms with E-state index in [1.807, 2.05) is 13.0 Å². The SMILES string of the molecule is Cc1cc(N=O)ccc1I=N. The zero-order chi connectivity index (χ0) is 8.27. The Hall–Kier alpha value is -0.650. The molecular weight excluding hydrogens is 255 g/mol. The molecule has 0 saturated carbocycles. The predicted molar refractivity (Wildman–Crippen MR) is 52.1 cm³/mol. The van der Waals surface area contributed by atoms with E-state index >= 15 is 0 Å². The first kappa shape index (κ1) is 8.45. The lowest BCUT2D eigenvalue weighted by molar-refractivity contribution is 1.38. The van der Waals surface area contributed by atoms with Crippen molar-refractivity contribution in [2.24, 2.45) is 5.18 Å². The van der Waals surface area contributed by atoms with Crippen LogP contribution < -0.4 is 0 Å². The number of nitrogens with zero attached hydrogens (tertiary/aromatic N) is 1. The van der Waals surface area contributed by atoms with Gasteiger partial charge in [-0.15, -0.1) is 4.91 Å². The zero-order valence-corrected chi connectivity index (χ0v) is 8.12. The fourth-order valence-corrected chi connectivity index (χ4v) is 1.73. The van der Waals surface area contributed by atoms with E-state index in [1.54, 1.807) is 12.1 Å². The minimum absolute atomic E-state index is 0.448. The standard InChI is InChI=1S/C7H7IN2O/c1-5-4-6(10-11)2-3-7(5)8-9/h2-4,9H,1H3. The monoisotopic (exact) mass is 262 g/mol. The van der Waals surface area contributed by atoms with Gasteiger partial charge in [0.25, 0.3) is 0 Å². The molecule has 1 N–H and O–H groups in total. The molecule has 0 radical (unpaired) electrons. The van der Waals surface area contributed by atoms with Crippen LogP contribution in [0, 0.1) is 19.0 Å². The highest BCUT2D eigenvalue weighted by Crippen LogP contribution is 2.21. The molecule has 0 unspecified atom stereocenters. The lowest BCUT2D eigenvalue weighted by Crippen LogP contribution is -1.77. The maximum absolute atomic E-state index is 10.1. The van der Waals surface area contributed by atoms with Crippen LogP contribution in [0.15, 0.2) is 23.4 Å². The number of aryl methyl sites for hydroxylation is 1. The molecule has 0 fully saturated rings. The second-order valence-electron chi connectivity index (χ2n) is 2.12. The first-order valence-electron chi connectivity index (χ1n) is 3.02. The summed E-state index contributed by atoms with van der Waals surface area (Å²) in [6.07, 6.45) is 0. The Kier molecular flexibility index (Phi) is 2.81. The molecule has 0 aliphatic heterocycles. The largest absolute Gasteiger partial charge is 0.274 e. The van der Waals surface area contributed by atoms with Crippen molar-refractivity contribution < 1.29 is 0 Å². The molecule has 1 rings (SSSR count). The molecule has 0 aromatic heterocycles. The summed E-state index contributed by atoms with van der Waals surface area (Å²) in [4.78, 5) is 10.1. The van der Waals surface area contributed by atoms with Gasteiger partial charge in [-0.05, 0) is 35.9 Å². The van der Waals surface area contributed by atoms with Crippen molar-refractivity contribution in [3.63, 3.8) is 0 Å². The maximum atomic E-state index is 10.1. The van der Waals surface area contributed by atoms with E-state index in [1.165, 1.54) is 0 Å². The van der Waals surface area contributed by atoms with Crippen LogP contribution in [0.2, 0.25) is 0 Å². The minimum Gasteiger partial charge on any atom is -0.274 e. The van der Waals surface area contributed by atoms with Crippen LogP contribution in [0.1, 0.15) is 5.56 Å². The minimum atomic E-state index is -0.624. The Morgan fingerprint density at radius 2 is 2.27 bits per heavy atom. The summed E-state index contributed by atoms with van der Waals surface area (Å²) < 4.78 is 8.27. The van der Waals surface area contributed by atoms with Crippen molar-refractivity contribution in [2.45, 2.75) is 6.92 Å². The number of hydrogen-bond acceptors (Lipinski definition) is 3. The van der Waals surface area contributed by atoms with Gasteiger partial charge in [-0.3, -0.25) is 3.56 Å². The smallest absolute Gasteiger partial charge is 0.108 e. The van der Waals surface area contributed by atoms with Gasteiger partial charge in [-0.25, -0.2) is 0 Å². The van der Waals surface area contributed by atoms with Crippen molar-refractivity contribution >= 4 is 26.7 Å². The molecule has 3 nitrogen and oxygen atoms in total. The third-order valence-corrected chi connectivity index (χ3v) is 3.14. The number of nitroso groups, excluding NO2 is 1. The van der Waals surface area contributed by atoms with Crippen LogP contribution >= 0.6 is 21.0 Å². The third kappa shape index (κ3) is 1.89. The van der Waals surface area contributed by atoms with E-state index < -0.39 is 21.0 Å². The molecular formula is C7H7IN2O. The highest BCUT2D eigenvalue weighted by molar-refractivity contribution is 14.2. The molecule has 0 bridgehead atoms. The first-order chi connectivity index (χ1) is 5.27. The molecule has 0 aliphatic rings. The van der Waals surface area contributed by atoms with Gasteiger partial charge in [0.05, 0.1) is 0 Å². The molecule has 11 heavy (non-hydrogen) atoms. The van der Waals surface area contributed by atoms with Crippen LogP contribution in [-0.4, -0.2) is 0 Å². The fourth-order valence-electron chi connectivity index (χ4n) is 0.792. The summed E-state index contributed by atoms with van der Waals surface area (Å²) in [5.74, 6) is 0. The van der Waals surface area contributed by atoms with Gasteiger partial charge in [-0.2, -0.15) is 0 Å². The Bertz CT molecular complexity index is 298. The van der Waals surface area contributed by atoms with Gasteiger partial charge in [0.1, 0.15) is 5.69 Å². The van der Waals surface area contributed by atoms with Gasteiger partial charge in [-0.1, -0.05) is 0 Å². The zero-order valence-electron chi connectivity index (χ0n) is 5.97.